The first-order valence-corrected chi connectivity index (χ1v) is 10.2. The van der Waals surface area contributed by atoms with E-state index < -0.39 is 6.09 Å². The van der Waals surface area contributed by atoms with Gasteiger partial charge >= 0.3 is 6.09 Å². The Balaban J connectivity index is 1.97. The normalized spacial score (nSPS) is 11.7. The molecule has 164 valence electrons. The van der Waals surface area contributed by atoms with Crippen LogP contribution in [0.25, 0.3) is 22.2 Å². The third kappa shape index (κ3) is 3.64. The minimum Gasteiger partial charge on any atom is -0.464 e. The zero-order chi connectivity index (χ0) is 23.2. The number of aryl methyl sites for hydroxylation is 1. The van der Waals surface area contributed by atoms with Gasteiger partial charge in [-0.3, -0.25) is 9.48 Å². The van der Waals surface area contributed by atoms with E-state index in [1.165, 1.54) is 11.5 Å². The first kappa shape index (κ1) is 21.3. The van der Waals surface area contributed by atoms with Gasteiger partial charge in [-0.15, -0.1) is 0 Å². The van der Waals surface area contributed by atoms with Crippen molar-refractivity contribution in [3.8, 4) is 11.3 Å². The van der Waals surface area contributed by atoms with E-state index in [2.05, 4.69) is 15.4 Å². The second-order valence-electron chi connectivity index (χ2n) is 8.81. The molecule has 0 bridgehead atoms. The van der Waals surface area contributed by atoms with E-state index in [9.17, 15) is 14.7 Å². The third-order valence-electron chi connectivity index (χ3n) is 5.34. The summed E-state index contributed by atoms with van der Waals surface area (Å²) in [7, 11) is 1.80. The molecule has 0 radical (unpaired) electrons. The Kier molecular flexibility index (Phi) is 5.08. The lowest BCUT2D eigenvalue weighted by atomic mass is 9.84. The average Bonchev–Trinajstić information content (AvgIpc) is 3.28. The largest absolute Gasteiger partial charge is 0.464 e. The Bertz CT molecular complexity index is 1360. The number of para-hydroxylation sites is 1. The number of Topliss-reactive ketones (excluding diaryl/α,β-unsaturated/α-hetero) is 1. The molecule has 0 saturated heterocycles. The van der Waals surface area contributed by atoms with Gasteiger partial charge in [0.05, 0.1) is 23.1 Å². The summed E-state index contributed by atoms with van der Waals surface area (Å²) >= 11 is 0. The zero-order valence-electron chi connectivity index (χ0n) is 18.7. The van der Waals surface area contributed by atoms with E-state index in [0.717, 1.165) is 10.9 Å². The Labute approximate surface area is 185 Å². The van der Waals surface area contributed by atoms with Crippen LogP contribution in [0.3, 0.4) is 0 Å². The van der Waals surface area contributed by atoms with Crippen LogP contribution < -0.4 is 5.32 Å². The van der Waals surface area contributed by atoms with Gasteiger partial charge in [0.1, 0.15) is 5.82 Å². The second kappa shape index (κ2) is 7.64. The van der Waals surface area contributed by atoms with Gasteiger partial charge < -0.3 is 10.4 Å². The molecule has 8 heteroatoms. The lowest BCUT2D eigenvalue weighted by Gasteiger charge is -2.20. The van der Waals surface area contributed by atoms with Gasteiger partial charge in [0.15, 0.2) is 5.78 Å². The smallest absolute Gasteiger partial charge is 0.416 e. The molecule has 0 amide bonds. The molecule has 8 nitrogen and oxygen atoms in total. The van der Waals surface area contributed by atoms with Crippen LogP contribution in [0.2, 0.25) is 0 Å². The fourth-order valence-corrected chi connectivity index (χ4v) is 4.06. The molecule has 0 saturated carbocycles. The van der Waals surface area contributed by atoms with Gasteiger partial charge in [-0.25, -0.2) is 14.3 Å². The number of fused-ring (bicyclic) bond motifs is 1. The van der Waals surface area contributed by atoms with Crippen molar-refractivity contribution in [1.82, 2.24) is 19.3 Å². The zero-order valence-corrected chi connectivity index (χ0v) is 18.7. The number of nitrogens with zero attached hydrogens (tertiary/aromatic N) is 4. The molecule has 0 aliphatic carbocycles. The number of hydrogen-bond acceptors (Lipinski definition) is 5. The van der Waals surface area contributed by atoms with Crippen molar-refractivity contribution in [2.45, 2.75) is 33.1 Å². The number of nitrogens with one attached hydrogen (secondary N) is 1. The first-order chi connectivity index (χ1) is 15.1. The quantitative estimate of drug-likeness (QED) is 0.430. The lowest BCUT2D eigenvalue weighted by Crippen LogP contribution is -2.15. The van der Waals surface area contributed by atoms with Gasteiger partial charge in [0.25, 0.3) is 0 Å². The highest BCUT2D eigenvalue weighted by Crippen LogP contribution is 2.41. The predicted octanol–water partition coefficient (Wildman–Crippen LogP) is 5.21. The number of carbonyl (C=O) groups excluding carboxylic acids is 1. The van der Waals surface area contributed by atoms with E-state index >= 15 is 0 Å². The van der Waals surface area contributed by atoms with Crippen molar-refractivity contribution in [3.63, 3.8) is 0 Å². The van der Waals surface area contributed by atoms with Gasteiger partial charge in [-0.2, -0.15) is 5.10 Å². The first-order valence-electron chi connectivity index (χ1n) is 10.2. The third-order valence-corrected chi connectivity index (χ3v) is 5.34. The van der Waals surface area contributed by atoms with E-state index in [4.69, 9.17) is 0 Å². The van der Waals surface area contributed by atoms with Crippen molar-refractivity contribution in [3.05, 3.63) is 60.0 Å². The standard InChI is InChI=1S/C24H25N5O3/c1-14(30)16-8-6-7-9-18(16)27-20-10-19-17(12-25-20)21(24(2,3)4)22(29(19)23(31)32)15-11-26-28(5)13-15/h6-13H,1-5H3,(H,25,27)(H,31,32). The number of anilines is 2. The second-order valence-corrected chi connectivity index (χ2v) is 8.81. The minimum absolute atomic E-state index is 0.0722. The summed E-state index contributed by atoms with van der Waals surface area (Å²) in [6.07, 6.45) is 4.07. The van der Waals surface area contributed by atoms with Crippen LogP contribution in [-0.4, -0.2) is 36.3 Å². The molecule has 0 spiro atoms. The summed E-state index contributed by atoms with van der Waals surface area (Å²) < 4.78 is 2.94. The molecule has 2 N–H and O–H groups in total. The summed E-state index contributed by atoms with van der Waals surface area (Å²) in [6, 6.07) is 8.85. The molecule has 32 heavy (non-hydrogen) atoms. The SMILES string of the molecule is CC(=O)c1ccccc1Nc1cc2c(cn1)c(C(C)(C)C)c(-c1cnn(C)c1)n2C(=O)O. The van der Waals surface area contributed by atoms with E-state index in [-0.39, 0.29) is 11.2 Å². The average molecular weight is 431 g/mol. The Morgan fingerprint density at radius 2 is 1.84 bits per heavy atom. The highest BCUT2D eigenvalue weighted by Gasteiger charge is 2.30. The fraction of sp³-hybridized carbons (Fsp3) is 0.250. The molecule has 3 aromatic heterocycles. The predicted molar refractivity (Wildman–Crippen MR) is 124 cm³/mol. The summed E-state index contributed by atoms with van der Waals surface area (Å²) in [4.78, 5) is 28.9. The number of carbonyl (C=O) groups is 2. The number of aromatic nitrogens is 4. The molecular weight excluding hydrogens is 406 g/mol. The molecule has 0 aliphatic heterocycles. The molecule has 0 fully saturated rings. The number of benzene rings is 1. The maximum absolute atomic E-state index is 12.4. The lowest BCUT2D eigenvalue weighted by molar-refractivity contribution is 0.101. The Morgan fingerprint density at radius 3 is 2.44 bits per heavy atom. The summed E-state index contributed by atoms with van der Waals surface area (Å²) in [5.41, 5.74) is 3.49. The van der Waals surface area contributed by atoms with E-state index in [0.29, 0.717) is 33.8 Å². The highest BCUT2D eigenvalue weighted by atomic mass is 16.4. The molecule has 4 rings (SSSR count). The number of carboxylic acid groups (broad SMARTS) is 1. The number of pyridine rings is 1. The number of ketones is 1. The van der Waals surface area contributed by atoms with Gasteiger partial charge in [-0.1, -0.05) is 32.9 Å². The van der Waals surface area contributed by atoms with Crippen molar-refractivity contribution >= 4 is 34.3 Å². The number of hydrogen-bond donors (Lipinski definition) is 2. The monoisotopic (exact) mass is 431 g/mol. The maximum atomic E-state index is 12.4. The van der Waals surface area contributed by atoms with Gasteiger partial charge in [-0.05, 0) is 30.0 Å². The Morgan fingerprint density at radius 1 is 1.12 bits per heavy atom. The topological polar surface area (TPSA) is 102 Å². The van der Waals surface area contributed by atoms with Crippen molar-refractivity contribution in [2.24, 2.45) is 7.05 Å². The maximum Gasteiger partial charge on any atom is 0.416 e. The molecule has 0 unspecified atom stereocenters. The van der Waals surface area contributed by atoms with Crippen LogP contribution >= 0.6 is 0 Å². The van der Waals surface area contributed by atoms with Crippen LogP contribution in [0.1, 0.15) is 43.6 Å². The van der Waals surface area contributed by atoms with Crippen LogP contribution in [0.15, 0.2) is 48.9 Å². The van der Waals surface area contributed by atoms with Crippen LogP contribution in [0.4, 0.5) is 16.3 Å². The summed E-state index contributed by atoms with van der Waals surface area (Å²) in [5.74, 6) is 0.376. The molecular formula is C24H25N5O3. The molecule has 1 aromatic carbocycles. The van der Waals surface area contributed by atoms with Gasteiger partial charge in [0, 0.05) is 42.0 Å². The number of rotatable bonds is 4. The highest BCUT2D eigenvalue weighted by molar-refractivity contribution is 6.02. The molecule has 4 aromatic rings. The van der Waals surface area contributed by atoms with E-state index in [1.54, 1.807) is 54.6 Å². The summed E-state index contributed by atoms with van der Waals surface area (Å²) in [6.45, 7) is 7.64. The molecule has 3 heterocycles. The fourth-order valence-electron chi connectivity index (χ4n) is 4.06. The minimum atomic E-state index is -1.09. The van der Waals surface area contributed by atoms with E-state index in [1.807, 2.05) is 26.8 Å². The van der Waals surface area contributed by atoms with Crippen molar-refractivity contribution < 1.29 is 14.7 Å². The van der Waals surface area contributed by atoms with Crippen molar-refractivity contribution in [1.29, 1.82) is 0 Å². The Hall–Kier alpha value is -3.94. The van der Waals surface area contributed by atoms with Crippen LogP contribution in [0.5, 0.6) is 0 Å². The summed E-state index contributed by atoms with van der Waals surface area (Å²) in [5, 5.41) is 18.3. The molecule has 0 atom stereocenters. The van der Waals surface area contributed by atoms with Crippen molar-refractivity contribution in [2.75, 3.05) is 5.32 Å². The van der Waals surface area contributed by atoms with Crippen LogP contribution in [-0.2, 0) is 12.5 Å². The molecule has 0 aliphatic rings. The van der Waals surface area contributed by atoms with Crippen LogP contribution in [0, 0.1) is 0 Å². The van der Waals surface area contributed by atoms with Gasteiger partial charge in [0.2, 0.25) is 0 Å².